The second-order valence-corrected chi connectivity index (χ2v) is 6.38. The number of carbonyl (C=O) groups excluding carboxylic acids is 2. The zero-order valence-electron chi connectivity index (χ0n) is 14.5. The molecule has 1 saturated heterocycles. The number of ether oxygens (including phenoxy) is 2. The molecule has 0 aromatic heterocycles. The van der Waals surface area contributed by atoms with Crippen LogP contribution < -0.4 is 19.7 Å². The van der Waals surface area contributed by atoms with Crippen LogP contribution in [0, 0.1) is 0 Å². The molecule has 2 aromatic carbocycles. The molecule has 3 rings (SSSR count). The van der Waals surface area contributed by atoms with E-state index in [9.17, 15) is 9.59 Å². The summed E-state index contributed by atoms with van der Waals surface area (Å²) in [5, 5.41) is 2.98. The number of carbonyl (C=O) groups is 2. The van der Waals surface area contributed by atoms with E-state index in [0.717, 1.165) is 0 Å². The summed E-state index contributed by atoms with van der Waals surface area (Å²) in [5.41, 5.74) is 1.01. The van der Waals surface area contributed by atoms with Crippen LogP contribution in [0.25, 0.3) is 6.08 Å². The normalized spacial score (nSPS) is 15.7. The van der Waals surface area contributed by atoms with Crippen molar-refractivity contribution in [2.45, 2.75) is 0 Å². The number of thiocarbonyl (C=S) groups is 1. The molecular weight excluding hydrogens is 388 g/mol. The van der Waals surface area contributed by atoms with Crippen LogP contribution in [-0.2, 0) is 9.59 Å². The van der Waals surface area contributed by atoms with Gasteiger partial charge in [0.2, 0.25) is 0 Å². The predicted octanol–water partition coefficient (Wildman–Crippen LogP) is 3.19. The van der Waals surface area contributed by atoms with Gasteiger partial charge in [-0.25, -0.2) is 0 Å². The highest BCUT2D eigenvalue weighted by atomic mass is 35.5. The van der Waals surface area contributed by atoms with Crippen LogP contribution in [-0.4, -0.2) is 31.1 Å². The van der Waals surface area contributed by atoms with E-state index in [1.54, 1.807) is 42.5 Å². The number of rotatable bonds is 4. The van der Waals surface area contributed by atoms with E-state index in [4.69, 9.17) is 33.3 Å². The van der Waals surface area contributed by atoms with E-state index in [2.05, 4.69) is 5.32 Å². The summed E-state index contributed by atoms with van der Waals surface area (Å²) >= 11 is 11.2. The van der Waals surface area contributed by atoms with E-state index in [1.807, 2.05) is 0 Å². The van der Waals surface area contributed by atoms with Crippen molar-refractivity contribution in [2.24, 2.45) is 0 Å². The molecule has 1 aliphatic heterocycles. The first-order valence-electron chi connectivity index (χ1n) is 7.83. The zero-order valence-corrected chi connectivity index (χ0v) is 16.1. The molecule has 1 fully saturated rings. The summed E-state index contributed by atoms with van der Waals surface area (Å²) in [6, 6.07) is 11.7. The molecule has 8 heteroatoms. The highest BCUT2D eigenvalue weighted by Gasteiger charge is 2.34. The predicted molar refractivity (Wildman–Crippen MR) is 107 cm³/mol. The van der Waals surface area contributed by atoms with Crippen molar-refractivity contribution < 1.29 is 19.1 Å². The number of hydrogen-bond acceptors (Lipinski definition) is 5. The quantitative estimate of drug-likeness (QED) is 0.483. The number of nitrogens with one attached hydrogen (secondary N) is 1. The molecule has 0 radical (unpaired) electrons. The van der Waals surface area contributed by atoms with Crippen molar-refractivity contribution >= 4 is 52.5 Å². The van der Waals surface area contributed by atoms with Gasteiger partial charge in [-0.05, 0) is 54.2 Å². The Labute approximate surface area is 166 Å². The molecule has 138 valence electrons. The summed E-state index contributed by atoms with van der Waals surface area (Å²) in [4.78, 5) is 26.5. The Balaban J connectivity index is 2.02. The van der Waals surface area contributed by atoms with Crippen LogP contribution in [0.2, 0.25) is 5.02 Å². The average molecular weight is 403 g/mol. The minimum absolute atomic E-state index is 0.00303. The molecule has 1 aliphatic rings. The highest BCUT2D eigenvalue weighted by Crippen LogP contribution is 2.29. The zero-order chi connectivity index (χ0) is 19.6. The van der Waals surface area contributed by atoms with Gasteiger partial charge >= 0.3 is 0 Å². The first kappa shape index (κ1) is 18.9. The molecule has 1 N–H and O–H groups in total. The van der Waals surface area contributed by atoms with E-state index >= 15 is 0 Å². The summed E-state index contributed by atoms with van der Waals surface area (Å²) in [5.74, 6) is -0.0857. The third-order valence-corrected chi connectivity index (χ3v) is 4.41. The lowest BCUT2D eigenvalue weighted by molar-refractivity contribution is -0.122. The molecule has 27 heavy (non-hydrogen) atoms. The minimum atomic E-state index is -0.571. The maximum absolute atomic E-state index is 13.0. The summed E-state index contributed by atoms with van der Waals surface area (Å²) < 4.78 is 10.4. The van der Waals surface area contributed by atoms with Crippen LogP contribution >= 0.6 is 23.8 Å². The second kappa shape index (κ2) is 7.77. The standard InChI is InChI=1S/C19H15ClN2O4S/c1-25-15-7-6-11(9-16(15)26-2)8-14-17(23)21-19(27)22(18(14)24)13-5-3-4-12(20)10-13/h3-10H,1-2H3,(H,21,23,27)/b14-8-. The summed E-state index contributed by atoms with van der Waals surface area (Å²) in [6.07, 6.45) is 1.47. The minimum Gasteiger partial charge on any atom is -0.493 e. The number of benzene rings is 2. The fraction of sp³-hybridized carbons (Fsp3) is 0.105. The fourth-order valence-corrected chi connectivity index (χ4v) is 3.08. The van der Waals surface area contributed by atoms with Gasteiger partial charge in [-0.1, -0.05) is 23.7 Å². The van der Waals surface area contributed by atoms with Crippen LogP contribution in [0.15, 0.2) is 48.0 Å². The first-order valence-corrected chi connectivity index (χ1v) is 8.62. The largest absolute Gasteiger partial charge is 0.493 e. The van der Waals surface area contributed by atoms with Crippen molar-refractivity contribution in [3.05, 3.63) is 58.6 Å². The molecule has 0 spiro atoms. The monoisotopic (exact) mass is 402 g/mol. The van der Waals surface area contributed by atoms with Crippen LogP contribution in [0.5, 0.6) is 11.5 Å². The van der Waals surface area contributed by atoms with Crippen molar-refractivity contribution in [1.82, 2.24) is 5.32 Å². The Morgan fingerprint density at radius 1 is 1.07 bits per heavy atom. The number of amides is 2. The van der Waals surface area contributed by atoms with E-state index < -0.39 is 11.8 Å². The first-order chi connectivity index (χ1) is 12.9. The highest BCUT2D eigenvalue weighted by molar-refractivity contribution is 7.80. The number of anilines is 1. The molecule has 0 atom stereocenters. The van der Waals surface area contributed by atoms with Crippen molar-refractivity contribution in [3.8, 4) is 11.5 Å². The van der Waals surface area contributed by atoms with Crippen LogP contribution in [0.1, 0.15) is 5.56 Å². The fourth-order valence-electron chi connectivity index (χ4n) is 2.62. The summed E-state index contributed by atoms with van der Waals surface area (Å²) in [7, 11) is 3.03. The van der Waals surface area contributed by atoms with Crippen molar-refractivity contribution in [2.75, 3.05) is 19.1 Å². The molecule has 6 nitrogen and oxygen atoms in total. The van der Waals surface area contributed by atoms with Gasteiger partial charge in [0.25, 0.3) is 11.8 Å². The number of nitrogens with zero attached hydrogens (tertiary/aromatic N) is 1. The Bertz CT molecular complexity index is 974. The van der Waals surface area contributed by atoms with Gasteiger partial charge in [-0.2, -0.15) is 0 Å². The van der Waals surface area contributed by atoms with Gasteiger partial charge in [0.1, 0.15) is 5.57 Å². The lowest BCUT2D eigenvalue weighted by atomic mass is 10.1. The number of hydrogen-bond donors (Lipinski definition) is 1. The van der Waals surface area contributed by atoms with Gasteiger partial charge in [0, 0.05) is 5.02 Å². The molecule has 0 aliphatic carbocycles. The molecule has 0 bridgehead atoms. The SMILES string of the molecule is COc1ccc(/C=C2/C(=O)NC(=S)N(c3cccc(Cl)c3)C2=O)cc1OC. The third-order valence-electron chi connectivity index (χ3n) is 3.89. The Morgan fingerprint density at radius 2 is 1.81 bits per heavy atom. The van der Waals surface area contributed by atoms with Gasteiger partial charge in [-0.3, -0.25) is 19.8 Å². The second-order valence-electron chi connectivity index (χ2n) is 5.55. The van der Waals surface area contributed by atoms with Crippen molar-refractivity contribution in [1.29, 1.82) is 0 Å². The Kier molecular flexibility index (Phi) is 5.43. The lowest BCUT2D eigenvalue weighted by Crippen LogP contribution is -2.54. The Hall–Kier alpha value is -2.90. The smallest absolute Gasteiger partial charge is 0.270 e. The van der Waals surface area contributed by atoms with Gasteiger partial charge in [0.05, 0.1) is 19.9 Å². The number of halogens is 1. The maximum atomic E-state index is 13.0. The molecule has 1 heterocycles. The molecule has 2 amide bonds. The number of methoxy groups -OCH3 is 2. The maximum Gasteiger partial charge on any atom is 0.270 e. The third kappa shape index (κ3) is 3.79. The lowest BCUT2D eigenvalue weighted by Gasteiger charge is -2.29. The van der Waals surface area contributed by atoms with Crippen LogP contribution in [0.4, 0.5) is 5.69 Å². The topological polar surface area (TPSA) is 67.9 Å². The summed E-state index contributed by atoms with van der Waals surface area (Å²) in [6.45, 7) is 0. The van der Waals surface area contributed by atoms with Crippen LogP contribution in [0.3, 0.4) is 0 Å². The molecule has 2 aromatic rings. The molecular formula is C19H15ClN2O4S. The molecule has 0 unspecified atom stereocenters. The van der Waals surface area contributed by atoms with E-state index in [-0.39, 0.29) is 10.7 Å². The van der Waals surface area contributed by atoms with Crippen molar-refractivity contribution in [3.63, 3.8) is 0 Å². The van der Waals surface area contributed by atoms with E-state index in [0.29, 0.717) is 27.8 Å². The van der Waals surface area contributed by atoms with E-state index in [1.165, 1.54) is 25.2 Å². The van der Waals surface area contributed by atoms with Gasteiger partial charge < -0.3 is 9.47 Å². The van der Waals surface area contributed by atoms with Gasteiger partial charge in [0.15, 0.2) is 16.6 Å². The Morgan fingerprint density at radius 3 is 2.48 bits per heavy atom. The average Bonchev–Trinajstić information content (AvgIpc) is 2.64. The van der Waals surface area contributed by atoms with Gasteiger partial charge in [-0.15, -0.1) is 0 Å². The molecule has 0 saturated carbocycles.